The van der Waals surface area contributed by atoms with Crippen LogP contribution in [0.3, 0.4) is 0 Å². The largest absolute Gasteiger partial charge is 0.497 e. The summed E-state index contributed by atoms with van der Waals surface area (Å²) in [6.07, 6.45) is 1.50. The molecule has 0 aliphatic carbocycles. The number of benzene rings is 2. The summed E-state index contributed by atoms with van der Waals surface area (Å²) in [7, 11) is 3.39. The lowest BCUT2D eigenvalue weighted by Crippen LogP contribution is -2.37. The molecule has 2 aromatic carbocycles. The summed E-state index contributed by atoms with van der Waals surface area (Å²) in [6.45, 7) is 0.761. The van der Waals surface area contributed by atoms with E-state index in [-0.39, 0.29) is 17.7 Å². The van der Waals surface area contributed by atoms with Crippen LogP contribution in [0.1, 0.15) is 24.1 Å². The molecule has 37 heavy (non-hydrogen) atoms. The van der Waals surface area contributed by atoms with Crippen LogP contribution in [-0.4, -0.2) is 52.5 Å². The predicted octanol–water partition coefficient (Wildman–Crippen LogP) is 5.15. The van der Waals surface area contributed by atoms with Crippen molar-refractivity contribution in [1.82, 2.24) is 19.9 Å². The molecule has 2 N–H and O–H groups in total. The Morgan fingerprint density at radius 3 is 2.62 bits per heavy atom. The van der Waals surface area contributed by atoms with E-state index >= 15 is 8.78 Å². The van der Waals surface area contributed by atoms with Gasteiger partial charge in [0, 0.05) is 11.6 Å². The lowest BCUT2D eigenvalue weighted by atomic mass is 10.1. The molecule has 1 saturated heterocycles. The second-order valence-corrected chi connectivity index (χ2v) is 9.68. The molecule has 192 valence electrons. The number of likely N-dealkylation sites (tertiary alicyclic amines) is 1. The first-order chi connectivity index (χ1) is 17.7. The molecule has 0 radical (unpaired) electrons. The highest BCUT2D eigenvalue weighted by atomic mass is 32.1. The SMILES string of the molecule is COc1ccc2nc(Nc3cc(C(F)(F)c4ccc(F)cc4)nc(NC(=O)[C@@H]4CCCN4C)n3)sc2c1. The minimum atomic E-state index is -3.59. The van der Waals surface area contributed by atoms with Gasteiger partial charge in [-0.2, -0.15) is 13.8 Å². The molecule has 1 aliphatic heterocycles. The molecule has 0 saturated carbocycles. The first kappa shape index (κ1) is 24.9. The Kier molecular flexibility index (Phi) is 6.69. The highest BCUT2D eigenvalue weighted by molar-refractivity contribution is 7.22. The summed E-state index contributed by atoms with van der Waals surface area (Å²) in [4.78, 5) is 27.4. The van der Waals surface area contributed by atoms with Crippen LogP contribution < -0.4 is 15.4 Å². The van der Waals surface area contributed by atoms with Crippen molar-refractivity contribution < 1.29 is 22.7 Å². The minimum absolute atomic E-state index is 0.0212. The Balaban J connectivity index is 1.51. The van der Waals surface area contributed by atoms with Crippen molar-refractivity contribution in [2.75, 3.05) is 31.3 Å². The van der Waals surface area contributed by atoms with E-state index in [1.165, 1.54) is 11.3 Å². The summed E-state index contributed by atoms with van der Waals surface area (Å²) < 4.78 is 50.4. The molecular formula is C25H23F3N6O2S. The first-order valence-corrected chi connectivity index (χ1v) is 12.3. The van der Waals surface area contributed by atoms with Crippen LogP contribution in [0.5, 0.6) is 5.75 Å². The normalized spacial score (nSPS) is 16.2. The van der Waals surface area contributed by atoms with Crippen molar-refractivity contribution in [1.29, 1.82) is 0 Å². The summed E-state index contributed by atoms with van der Waals surface area (Å²) in [5, 5.41) is 5.95. The molecular weight excluding hydrogens is 505 g/mol. The number of likely N-dealkylation sites (N-methyl/N-ethyl adjacent to an activating group) is 1. The fraction of sp³-hybridized carbons (Fsp3) is 0.280. The number of fused-ring (bicyclic) bond motifs is 1. The standard InChI is InChI=1S/C25H23F3N6O2S/c1-34-11-3-4-18(34)22(35)33-23-30-20(25(27,28)14-5-7-15(26)8-6-14)13-21(31-23)32-24-29-17-10-9-16(36-2)12-19(17)37-24/h5-10,12-13,18H,3-4,11H2,1-2H3,(H2,29,30,31,32,33,35)/t18-/m0/s1. The Morgan fingerprint density at radius 1 is 1.14 bits per heavy atom. The lowest BCUT2D eigenvalue weighted by molar-refractivity contribution is -0.120. The number of alkyl halides is 2. The molecule has 1 aliphatic rings. The van der Waals surface area contributed by atoms with E-state index in [1.807, 2.05) is 18.0 Å². The second kappa shape index (κ2) is 9.94. The molecule has 1 atom stereocenters. The fourth-order valence-electron chi connectivity index (χ4n) is 4.17. The van der Waals surface area contributed by atoms with Gasteiger partial charge in [-0.25, -0.2) is 14.4 Å². The summed E-state index contributed by atoms with van der Waals surface area (Å²) >= 11 is 1.29. The Labute approximate surface area is 214 Å². The van der Waals surface area contributed by atoms with Gasteiger partial charge in [0.1, 0.15) is 23.1 Å². The highest BCUT2D eigenvalue weighted by Crippen LogP contribution is 2.37. The van der Waals surface area contributed by atoms with Crippen molar-refractivity contribution in [3.05, 3.63) is 65.6 Å². The van der Waals surface area contributed by atoms with E-state index in [1.54, 1.807) is 19.2 Å². The van der Waals surface area contributed by atoms with Crippen LogP contribution in [0.4, 0.5) is 30.1 Å². The number of nitrogens with zero attached hydrogens (tertiary/aromatic N) is 4. The first-order valence-electron chi connectivity index (χ1n) is 11.5. The van der Waals surface area contributed by atoms with Gasteiger partial charge in [0.15, 0.2) is 5.13 Å². The van der Waals surface area contributed by atoms with Gasteiger partial charge >= 0.3 is 5.92 Å². The van der Waals surface area contributed by atoms with Crippen molar-refractivity contribution in [3.8, 4) is 5.75 Å². The zero-order valence-corrected chi connectivity index (χ0v) is 20.8. The fourth-order valence-corrected chi connectivity index (χ4v) is 5.07. The molecule has 1 fully saturated rings. The number of ether oxygens (including phenoxy) is 1. The highest BCUT2D eigenvalue weighted by Gasteiger charge is 2.37. The number of carbonyl (C=O) groups excluding carboxylic acids is 1. The van der Waals surface area contributed by atoms with Gasteiger partial charge < -0.3 is 10.1 Å². The van der Waals surface area contributed by atoms with Crippen LogP contribution in [0.25, 0.3) is 10.2 Å². The smallest absolute Gasteiger partial charge is 0.315 e. The van der Waals surface area contributed by atoms with Crippen LogP contribution >= 0.6 is 11.3 Å². The number of aromatic nitrogens is 3. The van der Waals surface area contributed by atoms with Crippen LogP contribution in [0.15, 0.2) is 48.5 Å². The maximum atomic E-state index is 15.5. The quantitative estimate of drug-likeness (QED) is 0.343. The van der Waals surface area contributed by atoms with E-state index in [4.69, 9.17) is 4.74 Å². The number of carbonyl (C=O) groups is 1. The van der Waals surface area contributed by atoms with Gasteiger partial charge in [0.2, 0.25) is 11.9 Å². The minimum Gasteiger partial charge on any atom is -0.497 e. The number of amides is 1. The monoisotopic (exact) mass is 528 g/mol. The van der Waals surface area contributed by atoms with Crippen LogP contribution in [0.2, 0.25) is 0 Å². The molecule has 0 bridgehead atoms. The van der Waals surface area contributed by atoms with E-state index in [0.717, 1.165) is 48.0 Å². The Bertz CT molecular complexity index is 1450. The number of rotatable bonds is 7. The van der Waals surface area contributed by atoms with Gasteiger partial charge in [0.25, 0.3) is 0 Å². The number of halogens is 3. The average Bonchev–Trinajstić information content (AvgIpc) is 3.48. The van der Waals surface area contributed by atoms with Gasteiger partial charge in [-0.05, 0) is 68.9 Å². The Morgan fingerprint density at radius 2 is 1.92 bits per heavy atom. The van der Waals surface area contributed by atoms with Gasteiger partial charge in [-0.1, -0.05) is 11.3 Å². The third kappa shape index (κ3) is 5.20. The topological polar surface area (TPSA) is 92.3 Å². The number of hydrogen-bond donors (Lipinski definition) is 2. The molecule has 0 unspecified atom stereocenters. The number of anilines is 3. The average molecular weight is 529 g/mol. The van der Waals surface area contributed by atoms with E-state index in [2.05, 4.69) is 25.6 Å². The number of methoxy groups -OCH3 is 1. The molecule has 4 aromatic rings. The second-order valence-electron chi connectivity index (χ2n) is 8.65. The molecule has 2 aromatic heterocycles. The van der Waals surface area contributed by atoms with Crippen molar-refractivity contribution in [2.24, 2.45) is 0 Å². The number of nitrogens with one attached hydrogen (secondary N) is 2. The van der Waals surface area contributed by atoms with E-state index in [9.17, 15) is 9.18 Å². The number of thiazole rings is 1. The van der Waals surface area contributed by atoms with Gasteiger partial charge in [-0.15, -0.1) is 0 Å². The molecule has 12 heteroatoms. The maximum Gasteiger partial charge on any atom is 0.315 e. The van der Waals surface area contributed by atoms with Crippen LogP contribution in [-0.2, 0) is 10.7 Å². The summed E-state index contributed by atoms with van der Waals surface area (Å²) in [6, 6.07) is 9.97. The molecule has 5 rings (SSSR count). The maximum absolute atomic E-state index is 15.5. The molecule has 3 heterocycles. The zero-order chi connectivity index (χ0) is 26.2. The molecule has 1 amide bonds. The summed E-state index contributed by atoms with van der Waals surface area (Å²) in [5.41, 5.74) is -0.412. The lowest BCUT2D eigenvalue weighted by Gasteiger charge is -2.20. The van der Waals surface area contributed by atoms with Crippen molar-refractivity contribution >= 4 is 44.4 Å². The molecule has 8 nitrogen and oxygen atoms in total. The van der Waals surface area contributed by atoms with Crippen LogP contribution in [0, 0.1) is 5.82 Å². The zero-order valence-electron chi connectivity index (χ0n) is 20.0. The van der Waals surface area contributed by atoms with E-state index in [0.29, 0.717) is 22.8 Å². The third-order valence-electron chi connectivity index (χ3n) is 6.14. The number of hydrogen-bond acceptors (Lipinski definition) is 8. The summed E-state index contributed by atoms with van der Waals surface area (Å²) in [5.74, 6) is -4.18. The van der Waals surface area contributed by atoms with Crippen molar-refractivity contribution in [3.63, 3.8) is 0 Å². The third-order valence-corrected chi connectivity index (χ3v) is 7.08. The van der Waals surface area contributed by atoms with Gasteiger partial charge in [-0.3, -0.25) is 15.0 Å². The Hall–Kier alpha value is -3.77. The van der Waals surface area contributed by atoms with E-state index < -0.39 is 29.0 Å². The van der Waals surface area contributed by atoms with Crippen molar-refractivity contribution in [2.45, 2.75) is 24.8 Å². The molecule has 0 spiro atoms. The predicted molar refractivity (Wildman–Crippen MR) is 135 cm³/mol. The van der Waals surface area contributed by atoms with Gasteiger partial charge in [0.05, 0.1) is 23.4 Å².